The molecule has 0 amide bonds. The van der Waals surface area contributed by atoms with E-state index in [0.717, 1.165) is 30.4 Å². The zero-order valence-electron chi connectivity index (χ0n) is 15.9. The molecule has 0 spiro atoms. The van der Waals surface area contributed by atoms with Gasteiger partial charge in [0, 0.05) is 0 Å². The smallest absolute Gasteiger partial charge is 0.194 e. The highest BCUT2D eigenvalue weighted by atomic mass is 19.2. The first-order valence-corrected chi connectivity index (χ1v) is 10.7. The molecular formula is C23H33F3. The van der Waals surface area contributed by atoms with E-state index in [0.29, 0.717) is 17.9 Å². The second kappa shape index (κ2) is 9.80. The molecule has 0 aromatic heterocycles. The van der Waals surface area contributed by atoms with Gasteiger partial charge in [-0.1, -0.05) is 77.0 Å². The fourth-order valence-electron chi connectivity index (χ4n) is 5.10. The Morgan fingerprint density at radius 1 is 0.654 bits per heavy atom. The van der Waals surface area contributed by atoms with Crippen LogP contribution >= 0.6 is 0 Å². The molecule has 3 heteroatoms. The molecule has 0 radical (unpaired) electrons. The normalized spacial score (nSPS) is 24.3. The van der Waals surface area contributed by atoms with Crippen LogP contribution in [-0.4, -0.2) is 0 Å². The monoisotopic (exact) mass is 366 g/mol. The third kappa shape index (κ3) is 5.76. The molecule has 0 atom stereocenters. The lowest BCUT2D eigenvalue weighted by Gasteiger charge is -2.28. The molecule has 3 rings (SSSR count). The molecule has 26 heavy (non-hydrogen) atoms. The van der Waals surface area contributed by atoms with Crippen LogP contribution in [0.1, 0.15) is 89.0 Å². The van der Waals surface area contributed by atoms with Gasteiger partial charge in [-0.15, -0.1) is 0 Å². The molecule has 1 aromatic rings. The zero-order valence-corrected chi connectivity index (χ0v) is 15.9. The van der Waals surface area contributed by atoms with Crippen molar-refractivity contribution >= 4 is 0 Å². The molecule has 0 aliphatic heterocycles. The molecule has 0 N–H and O–H groups in total. The molecule has 0 heterocycles. The fourth-order valence-corrected chi connectivity index (χ4v) is 5.10. The van der Waals surface area contributed by atoms with Gasteiger partial charge < -0.3 is 0 Å². The van der Waals surface area contributed by atoms with E-state index in [-0.39, 0.29) is 0 Å². The maximum Gasteiger partial charge on any atom is 0.194 e. The Morgan fingerprint density at radius 3 is 1.65 bits per heavy atom. The van der Waals surface area contributed by atoms with Crippen molar-refractivity contribution in [3.05, 3.63) is 35.1 Å². The first-order chi connectivity index (χ1) is 12.6. The highest BCUT2D eigenvalue weighted by Crippen LogP contribution is 2.35. The third-order valence-corrected chi connectivity index (χ3v) is 6.80. The van der Waals surface area contributed by atoms with Gasteiger partial charge in [-0.05, 0) is 48.3 Å². The fraction of sp³-hybridized carbons (Fsp3) is 0.739. The van der Waals surface area contributed by atoms with Gasteiger partial charge in [0.25, 0.3) is 0 Å². The molecule has 2 aliphatic carbocycles. The second-order valence-corrected chi connectivity index (χ2v) is 8.73. The summed E-state index contributed by atoms with van der Waals surface area (Å²) in [6.45, 7) is 0. The van der Waals surface area contributed by atoms with Gasteiger partial charge in [-0.25, -0.2) is 13.2 Å². The summed E-state index contributed by atoms with van der Waals surface area (Å²) < 4.78 is 39.6. The molecule has 146 valence electrons. The van der Waals surface area contributed by atoms with E-state index < -0.39 is 17.5 Å². The minimum atomic E-state index is -1.36. The van der Waals surface area contributed by atoms with Gasteiger partial charge in [0.1, 0.15) is 0 Å². The molecule has 1 aromatic carbocycles. The lowest BCUT2D eigenvalue weighted by atomic mass is 9.77. The largest absolute Gasteiger partial charge is 0.204 e. The van der Waals surface area contributed by atoms with E-state index in [1.807, 2.05) is 0 Å². The Morgan fingerprint density at radius 2 is 1.12 bits per heavy atom. The maximum atomic E-state index is 13.3. The Labute approximate surface area is 156 Å². The van der Waals surface area contributed by atoms with E-state index in [9.17, 15) is 13.2 Å². The Kier molecular flexibility index (Phi) is 7.45. The van der Waals surface area contributed by atoms with Crippen molar-refractivity contribution in [2.75, 3.05) is 0 Å². The lowest BCUT2D eigenvalue weighted by molar-refractivity contribution is 0.247. The minimum absolute atomic E-state index is 0.579. The molecule has 2 aliphatic rings. The highest BCUT2D eigenvalue weighted by Gasteiger charge is 2.21. The summed E-state index contributed by atoms with van der Waals surface area (Å²) >= 11 is 0. The van der Waals surface area contributed by atoms with E-state index >= 15 is 0 Å². The van der Waals surface area contributed by atoms with Crippen LogP contribution in [0.4, 0.5) is 13.2 Å². The quantitative estimate of drug-likeness (QED) is 0.328. The van der Waals surface area contributed by atoms with Crippen LogP contribution in [0.25, 0.3) is 0 Å². The average molecular weight is 367 g/mol. The Bertz CT molecular complexity index is 532. The first kappa shape index (κ1) is 19.8. The molecular weight excluding hydrogens is 333 g/mol. The van der Waals surface area contributed by atoms with Gasteiger partial charge in [0.15, 0.2) is 17.5 Å². The molecule has 0 nitrogen and oxygen atoms in total. The molecule has 2 fully saturated rings. The number of hydrogen-bond acceptors (Lipinski definition) is 0. The highest BCUT2D eigenvalue weighted by molar-refractivity contribution is 5.19. The third-order valence-electron chi connectivity index (χ3n) is 6.80. The summed E-state index contributed by atoms with van der Waals surface area (Å²) in [6, 6.07) is 2.29. The lowest BCUT2D eigenvalue weighted by Crippen LogP contribution is -2.15. The van der Waals surface area contributed by atoms with E-state index in [1.165, 1.54) is 77.0 Å². The van der Waals surface area contributed by atoms with Crippen LogP contribution in [0.3, 0.4) is 0 Å². The Hall–Kier alpha value is -0.990. The molecule has 2 saturated carbocycles. The van der Waals surface area contributed by atoms with Crippen molar-refractivity contribution in [3.8, 4) is 0 Å². The number of halogens is 3. The Balaban J connectivity index is 1.30. The van der Waals surface area contributed by atoms with E-state index in [4.69, 9.17) is 0 Å². The summed E-state index contributed by atoms with van der Waals surface area (Å²) in [6.07, 6.45) is 18.1. The van der Waals surface area contributed by atoms with Crippen molar-refractivity contribution in [1.82, 2.24) is 0 Å². The van der Waals surface area contributed by atoms with E-state index in [1.54, 1.807) is 0 Å². The van der Waals surface area contributed by atoms with Gasteiger partial charge in [0.2, 0.25) is 0 Å². The van der Waals surface area contributed by atoms with Gasteiger partial charge in [-0.2, -0.15) is 0 Å². The number of rotatable bonds is 8. The van der Waals surface area contributed by atoms with Crippen LogP contribution in [0.5, 0.6) is 0 Å². The number of unbranched alkanes of at least 4 members (excludes halogenated alkanes) is 1. The van der Waals surface area contributed by atoms with Gasteiger partial charge in [-0.3, -0.25) is 0 Å². The van der Waals surface area contributed by atoms with Crippen molar-refractivity contribution in [2.45, 2.75) is 89.9 Å². The second-order valence-electron chi connectivity index (χ2n) is 8.73. The summed E-state index contributed by atoms with van der Waals surface area (Å²) in [7, 11) is 0. The average Bonchev–Trinajstić information content (AvgIpc) is 3.16. The predicted molar refractivity (Wildman–Crippen MR) is 101 cm³/mol. The van der Waals surface area contributed by atoms with Crippen molar-refractivity contribution < 1.29 is 13.2 Å². The van der Waals surface area contributed by atoms with Crippen LogP contribution in [0.15, 0.2) is 12.1 Å². The summed E-state index contributed by atoms with van der Waals surface area (Å²) in [5.74, 6) is -0.937. The zero-order chi connectivity index (χ0) is 18.4. The predicted octanol–water partition coefficient (Wildman–Crippen LogP) is 7.59. The van der Waals surface area contributed by atoms with Crippen molar-refractivity contribution in [3.63, 3.8) is 0 Å². The molecule has 0 saturated heterocycles. The van der Waals surface area contributed by atoms with Gasteiger partial charge >= 0.3 is 0 Å². The maximum absolute atomic E-state index is 13.3. The van der Waals surface area contributed by atoms with Crippen LogP contribution < -0.4 is 0 Å². The standard InChI is InChI=1S/C23H33F3/c24-21-15-20(16-22(25)23(21)26)14-13-19-11-9-18(10-12-19)8-4-3-7-17-5-1-2-6-17/h15-19H,1-14H2. The summed E-state index contributed by atoms with van der Waals surface area (Å²) in [4.78, 5) is 0. The minimum Gasteiger partial charge on any atom is -0.204 e. The SMILES string of the molecule is Fc1cc(CCC2CCC(CCCCC3CCCC3)CC2)cc(F)c1F. The van der Waals surface area contributed by atoms with Crippen molar-refractivity contribution in [1.29, 1.82) is 0 Å². The summed E-state index contributed by atoms with van der Waals surface area (Å²) in [5.41, 5.74) is 0.579. The van der Waals surface area contributed by atoms with Gasteiger partial charge in [0.05, 0.1) is 0 Å². The van der Waals surface area contributed by atoms with Crippen LogP contribution in [-0.2, 0) is 6.42 Å². The van der Waals surface area contributed by atoms with E-state index in [2.05, 4.69) is 0 Å². The van der Waals surface area contributed by atoms with Crippen LogP contribution in [0.2, 0.25) is 0 Å². The van der Waals surface area contributed by atoms with Crippen LogP contribution in [0, 0.1) is 35.2 Å². The van der Waals surface area contributed by atoms with Crippen molar-refractivity contribution in [2.24, 2.45) is 17.8 Å². The summed E-state index contributed by atoms with van der Waals surface area (Å²) in [5, 5.41) is 0. The topological polar surface area (TPSA) is 0 Å². The first-order valence-electron chi connectivity index (χ1n) is 10.7. The number of benzene rings is 1. The number of hydrogen-bond donors (Lipinski definition) is 0. The number of aryl methyl sites for hydroxylation is 1. The molecule has 0 unspecified atom stereocenters. The molecule has 0 bridgehead atoms.